The van der Waals surface area contributed by atoms with E-state index in [9.17, 15) is 9.59 Å². The summed E-state index contributed by atoms with van der Waals surface area (Å²) < 4.78 is 6.15. The number of carbonyl (C=O) groups is 2. The first-order valence-electron chi connectivity index (χ1n) is 7.67. The highest BCUT2D eigenvalue weighted by Gasteiger charge is 2.19. The van der Waals surface area contributed by atoms with Gasteiger partial charge in [0.2, 0.25) is 0 Å². The van der Waals surface area contributed by atoms with Gasteiger partial charge in [-0.3, -0.25) is 9.59 Å². The second-order valence-corrected chi connectivity index (χ2v) is 6.37. The van der Waals surface area contributed by atoms with Gasteiger partial charge >= 0.3 is 0 Å². The maximum absolute atomic E-state index is 12.5. The third kappa shape index (κ3) is 4.01. The number of benzene rings is 2. The number of rotatable bonds is 3. The fraction of sp³-hybridized carbons (Fsp3) is 0.222. The van der Waals surface area contributed by atoms with E-state index in [0.717, 1.165) is 4.47 Å². The van der Waals surface area contributed by atoms with Crippen molar-refractivity contribution in [2.75, 3.05) is 31.6 Å². The molecule has 0 unspecified atom stereocenters. The van der Waals surface area contributed by atoms with Crippen LogP contribution in [0.2, 0.25) is 0 Å². The molecule has 0 aromatic heterocycles. The lowest BCUT2D eigenvalue weighted by Gasteiger charge is -2.27. The topological polar surface area (TPSA) is 58.6 Å². The zero-order valence-corrected chi connectivity index (χ0v) is 14.6. The van der Waals surface area contributed by atoms with Crippen molar-refractivity contribution in [2.24, 2.45) is 0 Å². The van der Waals surface area contributed by atoms with Crippen LogP contribution < -0.4 is 5.32 Å². The number of amides is 2. The summed E-state index contributed by atoms with van der Waals surface area (Å²) in [6, 6.07) is 14.1. The largest absolute Gasteiger partial charge is 0.378 e. The van der Waals surface area contributed by atoms with Gasteiger partial charge in [-0.15, -0.1) is 0 Å². The van der Waals surface area contributed by atoms with Crippen molar-refractivity contribution in [2.45, 2.75) is 0 Å². The Morgan fingerprint density at radius 1 is 1.00 bits per heavy atom. The highest BCUT2D eigenvalue weighted by atomic mass is 79.9. The maximum atomic E-state index is 12.5. The third-order valence-electron chi connectivity index (χ3n) is 3.75. The molecule has 2 amide bonds. The number of halogens is 1. The van der Waals surface area contributed by atoms with E-state index in [0.29, 0.717) is 43.1 Å². The van der Waals surface area contributed by atoms with Gasteiger partial charge in [0.1, 0.15) is 0 Å². The van der Waals surface area contributed by atoms with Crippen LogP contribution in [0.25, 0.3) is 0 Å². The Balaban J connectivity index is 1.74. The van der Waals surface area contributed by atoms with Crippen LogP contribution in [0.4, 0.5) is 5.69 Å². The van der Waals surface area contributed by atoms with Gasteiger partial charge in [-0.1, -0.05) is 28.1 Å². The van der Waals surface area contributed by atoms with Gasteiger partial charge in [0.05, 0.1) is 13.2 Å². The van der Waals surface area contributed by atoms with Crippen LogP contribution in [0.15, 0.2) is 53.0 Å². The van der Waals surface area contributed by atoms with E-state index in [4.69, 9.17) is 4.74 Å². The summed E-state index contributed by atoms with van der Waals surface area (Å²) in [6.07, 6.45) is 0. The van der Waals surface area contributed by atoms with Crippen LogP contribution in [0.5, 0.6) is 0 Å². The third-order valence-corrected chi connectivity index (χ3v) is 4.25. The second kappa shape index (κ2) is 7.59. The molecule has 0 radical (unpaired) electrons. The molecule has 1 N–H and O–H groups in total. The molecule has 124 valence electrons. The van der Waals surface area contributed by atoms with E-state index in [1.807, 2.05) is 24.3 Å². The quantitative estimate of drug-likeness (QED) is 0.878. The number of ether oxygens (including phenoxy) is 1. The Morgan fingerprint density at radius 2 is 1.71 bits per heavy atom. The van der Waals surface area contributed by atoms with E-state index < -0.39 is 0 Å². The van der Waals surface area contributed by atoms with Crippen LogP contribution >= 0.6 is 15.9 Å². The molecule has 2 aromatic rings. The molecule has 1 aliphatic heterocycles. The fourth-order valence-electron chi connectivity index (χ4n) is 2.51. The van der Waals surface area contributed by atoms with Gasteiger partial charge < -0.3 is 15.0 Å². The number of carbonyl (C=O) groups excluding carboxylic acids is 2. The Labute approximate surface area is 148 Å². The van der Waals surface area contributed by atoms with E-state index >= 15 is 0 Å². The first kappa shape index (κ1) is 16.7. The molecule has 2 aromatic carbocycles. The van der Waals surface area contributed by atoms with Gasteiger partial charge in [-0.2, -0.15) is 0 Å². The van der Waals surface area contributed by atoms with E-state index in [2.05, 4.69) is 21.2 Å². The molecular weight excluding hydrogens is 372 g/mol. The molecule has 0 aliphatic carbocycles. The van der Waals surface area contributed by atoms with Crippen LogP contribution in [-0.2, 0) is 4.74 Å². The van der Waals surface area contributed by atoms with Crippen molar-refractivity contribution in [3.63, 3.8) is 0 Å². The van der Waals surface area contributed by atoms with Crippen LogP contribution in [0.1, 0.15) is 20.7 Å². The van der Waals surface area contributed by atoms with E-state index in [-0.39, 0.29) is 11.8 Å². The predicted octanol–water partition coefficient (Wildman–Crippen LogP) is 3.17. The first-order chi connectivity index (χ1) is 11.6. The minimum Gasteiger partial charge on any atom is -0.378 e. The lowest BCUT2D eigenvalue weighted by molar-refractivity contribution is 0.0303. The summed E-state index contributed by atoms with van der Waals surface area (Å²) in [7, 11) is 0. The molecule has 0 bridgehead atoms. The Morgan fingerprint density at radius 3 is 2.46 bits per heavy atom. The van der Waals surface area contributed by atoms with Crippen LogP contribution in [0.3, 0.4) is 0 Å². The summed E-state index contributed by atoms with van der Waals surface area (Å²) >= 11 is 3.37. The van der Waals surface area contributed by atoms with Crippen molar-refractivity contribution in [3.8, 4) is 0 Å². The van der Waals surface area contributed by atoms with Crippen LogP contribution in [0, 0.1) is 0 Å². The van der Waals surface area contributed by atoms with Crippen molar-refractivity contribution in [1.82, 2.24) is 4.90 Å². The number of morpholine rings is 1. The summed E-state index contributed by atoms with van der Waals surface area (Å²) in [5.74, 6) is -0.319. The molecule has 24 heavy (non-hydrogen) atoms. The minimum absolute atomic E-state index is 0.0737. The normalized spacial score (nSPS) is 14.3. The Bertz CT molecular complexity index is 757. The number of hydrogen-bond acceptors (Lipinski definition) is 3. The summed E-state index contributed by atoms with van der Waals surface area (Å²) in [4.78, 5) is 26.7. The molecule has 0 spiro atoms. The number of nitrogens with zero attached hydrogens (tertiary/aromatic N) is 1. The van der Waals surface area contributed by atoms with Crippen molar-refractivity contribution < 1.29 is 14.3 Å². The lowest BCUT2D eigenvalue weighted by Crippen LogP contribution is -2.40. The smallest absolute Gasteiger partial charge is 0.255 e. The zero-order valence-electron chi connectivity index (χ0n) is 13.0. The van der Waals surface area contributed by atoms with E-state index in [1.54, 1.807) is 29.2 Å². The SMILES string of the molecule is O=C(Nc1cccc(Br)c1)c1cccc(C(=O)N2CCOCC2)c1. The van der Waals surface area contributed by atoms with Gasteiger partial charge in [-0.25, -0.2) is 0 Å². The Hall–Kier alpha value is -2.18. The molecular formula is C18H17BrN2O3. The molecule has 1 heterocycles. The molecule has 0 saturated carbocycles. The van der Waals surface area contributed by atoms with Gasteiger partial charge in [0, 0.05) is 34.4 Å². The first-order valence-corrected chi connectivity index (χ1v) is 8.47. The molecule has 1 fully saturated rings. The van der Waals surface area contributed by atoms with Gasteiger partial charge in [0.15, 0.2) is 0 Å². The van der Waals surface area contributed by atoms with Crippen LogP contribution in [-0.4, -0.2) is 43.0 Å². The number of nitrogens with one attached hydrogen (secondary N) is 1. The molecule has 0 atom stereocenters. The van der Waals surface area contributed by atoms with Gasteiger partial charge in [-0.05, 0) is 36.4 Å². The molecule has 1 aliphatic rings. The molecule has 3 rings (SSSR count). The molecule has 1 saturated heterocycles. The highest BCUT2D eigenvalue weighted by Crippen LogP contribution is 2.17. The number of anilines is 1. The summed E-state index contributed by atoms with van der Waals surface area (Å²) in [5.41, 5.74) is 1.66. The monoisotopic (exact) mass is 388 g/mol. The van der Waals surface area contributed by atoms with Crippen molar-refractivity contribution in [3.05, 3.63) is 64.1 Å². The zero-order chi connectivity index (χ0) is 16.9. The summed E-state index contributed by atoms with van der Waals surface area (Å²) in [6.45, 7) is 2.25. The maximum Gasteiger partial charge on any atom is 0.255 e. The fourth-order valence-corrected chi connectivity index (χ4v) is 2.91. The van der Waals surface area contributed by atoms with Crippen molar-refractivity contribution >= 4 is 33.4 Å². The molecule has 6 heteroatoms. The number of hydrogen-bond donors (Lipinski definition) is 1. The van der Waals surface area contributed by atoms with E-state index in [1.165, 1.54) is 0 Å². The lowest BCUT2D eigenvalue weighted by atomic mass is 10.1. The molecule has 5 nitrogen and oxygen atoms in total. The average molecular weight is 389 g/mol. The standard InChI is InChI=1S/C18H17BrN2O3/c19-15-5-2-6-16(12-15)20-17(22)13-3-1-4-14(11-13)18(23)21-7-9-24-10-8-21/h1-6,11-12H,7-10H2,(H,20,22). The highest BCUT2D eigenvalue weighted by molar-refractivity contribution is 9.10. The average Bonchev–Trinajstić information content (AvgIpc) is 2.62. The minimum atomic E-state index is -0.246. The Kier molecular flexibility index (Phi) is 5.27. The summed E-state index contributed by atoms with van der Waals surface area (Å²) in [5, 5.41) is 2.83. The van der Waals surface area contributed by atoms with Gasteiger partial charge in [0.25, 0.3) is 11.8 Å². The van der Waals surface area contributed by atoms with Crippen molar-refractivity contribution in [1.29, 1.82) is 0 Å². The second-order valence-electron chi connectivity index (χ2n) is 5.45. The predicted molar refractivity (Wildman–Crippen MR) is 95.3 cm³/mol.